The van der Waals surface area contributed by atoms with E-state index >= 15 is 0 Å². The molecule has 0 bridgehead atoms. The van der Waals surface area contributed by atoms with Crippen LogP contribution < -0.4 is 16.0 Å². The maximum atomic E-state index is 11.9. The van der Waals surface area contributed by atoms with Gasteiger partial charge in [0.15, 0.2) is 0 Å². The Morgan fingerprint density at radius 2 is 1.90 bits per heavy atom. The molecule has 0 aromatic heterocycles. The van der Waals surface area contributed by atoms with Gasteiger partial charge in [0.25, 0.3) is 0 Å². The summed E-state index contributed by atoms with van der Waals surface area (Å²) in [5.74, 6) is -0.338. The van der Waals surface area contributed by atoms with E-state index in [2.05, 4.69) is 16.0 Å². The Labute approximate surface area is 127 Å². The predicted molar refractivity (Wildman–Crippen MR) is 82.9 cm³/mol. The Balaban J connectivity index is 0.00000361. The molecule has 0 radical (unpaired) electrons. The molecule has 5 nitrogen and oxygen atoms in total. The number of carbonyl (C=O) groups excluding carboxylic acids is 2. The van der Waals surface area contributed by atoms with Crippen molar-refractivity contribution in [1.29, 1.82) is 0 Å². The van der Waals surface area contributed by atoms with Gasteiger partial charge in [-0.1, -0.05) is 6.08 Å². The van der Waals surface area contributed by atoms with Crippen molar-refractivity contribution in [3.63, 3.8) is 0 Å². The van der Waals surface area contributed by atoms with Crippen molar-refractivity contribution in [2.24, 2.45) is 0 Å². The lowest BCUT2D eigenvalue weighted by Gasteiger charge is -2.16. The zero-order chi connectivity index (χ0) is 14.4. The van der Waals surface area contributed by atoms with Crippen LogP contribution in [0.2, 0.25) is 0 Å². The zero-order valence-corrected chi connectivity index (χ0v) is 13.5. The van der Waals surface area contributed by atoms with Crippen LogP contribution in [0.4, 0.5) is 0 Å². The second kappa shape index (κ2) is 8.97. The summed E-state index contributed by atoms with van der Waals surface area (Å²) < 4.78 is 0. The van der Waals surface area contributed by atoms with E-state index in [1.807, 2.05) is 19.9 Å². The van der Waals surface area contributed by atoms with Gasteiger partial charge in [-0.3, -0.25) is 9.59 Å². The molecule has 1 saturated heterocycles. The van der Waals surface area contributed by atoms with Crippen LogP contribution in [0.15, 0.2) is 11.6 Å². The lowest BCUT2D eigenvalue weighted by molar-refractivity contribution is -0.127. The van der Waals surface area contributed by atoms with Crippen LogP contribution in [0.5, 0.6) is 0 Å². The lowest BCUT2D eigenvalue weighted by atomic mass is 10.1. The van der Waals surface area contributed by atoms with Crippen LogP contribution in [0, 0.1) is 0 Å². The summed E-state index contributed by atoms with van der Waals surface area (Å²) in [7, 11) is 0. The van der Waals surface area contributed by atoms with Crippen LogP contribution in [0.1, 0.15) is 40.5 Å². The van der Waals surface area contributed by atoms with Gasteiger partial charge in [-0.15, -0.1) is 12.4 Å². The minimum Gasteiger partial charge on any atom is -0.352 e. The van der Waals surface area contributed by atoms with E-state index in [9.17, 15) is 9.59 Å². The van der Waals surface area contributed by atoms with Crippen molar-refractivity contribution in [3.8, 4) is 0 Å². The van der Waals surface area contributed by atoms with Crippen molar-refractivity contribution in [2.45, 2.75) is 58.7 Å². The minimum atomic E-state index is -0.519. The fourth-order valence-corrected chi connectivity index (χ4v) is 2.02. The highest BCUT2D eigenvalue weighted by Crippen LogP contribution is 2.08. The molecule has 3 N–H and O–H groups in total. The van der Waals surface area contributed by atoms with Crippen molar-refractivity contribution in [1.82, 2.24) is 16.0 Å². The summed E-state index contributed by atoms with van der Waals surface area (Å²) in [5.41, 5.74) is 0.656. The summed E-state index contributed by atoms with van der Waals surface area (Å²) in [6, 6.07) is -0.161. The first-order chi connectivity index (χ1) is 8.90. The first-order valence-corrected chi connectivity index (χ1v) is 6.93. The van der Waals surface area contributed by atoms with Crippen molar-refractivity contribution in [3.05, 3.63) is 11.6 Å². The molecule has 2 amide bonds. The summed E-state index contributed by atoms with van der Waals surface area (Å²) >= 11 is 0. The first-order valence-electron chi connectivity index (χ1n) is 6.93. The lowest BCUT2D eigenvalue weighted by Crippen LogP contribution is -2.47. The van der Waals surface area contributed by atoms with Crippen LogP contribution in [0.25, 0.3) is 0 Å². The molecule has 1 aliphatic heterocycles. The summed E-state index contributed by atoms with van der Waals surface area (Å²) in [5, 5.41) is 8.80. The number of halogens is 1. The Bertz CT molecular complexity index is 363. The van der Waals surface area contributed by atoms with Gasteiger partial charge in [-0.05, 0) is 47.1 Å². The van der Waals surface area contributed by atoms with Gasteiger partial charge >= 0.3 is 0 Å². The van der Waals surface area contributed by atoms with E-state index in [1.54, 1.807) is 13.8 Å². The monoisotopic (exact) mass is 303 g/mol. The molecule has 6 heteroatoms. The van der Waals surface area contributed by atoms with Gasteiger partial charge in [0, 0.05) is 17.7 Å². The van der Waals surface area contributed by atoms with Gasteiger partial charge < -0.3 is 16.0 Å². The smallest absolute Gasteiger partial charge is 0.247 e. The third-order valence-corrected chi connectivity index (χ3v) is 3.08. The van der Waals surface area contributed by atoms with Gasteiger partial charge in [-0.2, -0.15) is 0 Å². The Hall–Kier alpha value is -1.07. The molecule has 1 fully saturated rings. The highest BCUT2D eigenvalue weighted by atomic mass is 35.5. The maximum absolute atomic E-state index is 11.9. The molecule has 1 aliphatic rings. The van der Waals surface area contributed by atoms with Gasteiger partial charge in [0.05, 0.1) is 0 Å². The molecule has 0 aromatic carbocycles. The third-order valence-electron chi connectivity index (χ3n) is 3.08. The number of nitrogens with one attached hydrogen (secondary N) is 3. The van der Waals surface area contributed by atoms with Gasteiger partial charge in [-0.25, -0.2) is 0 Å². The highest BCUT2D eigenvalue weighted by molar-refractivity contribution is 5.96. The normalized spacial score (nSPS) is 20.2. The Morgan fingerprint density at radius 3 is 2.40 bits per heavy atom. The van der Waals surface area contributed by atoms with Crippen LogP contribution in [0.3, 0.4) is 0 Å². The van der Waals surface area contributed by atoms with E-state index in [1.165, 1.54) is 0 Å². The molecule has 1 rings (SSSR count). The van der Waals surface area contributed by atoms with Crippen LogP contribution >= 0.6 is 12.4 Å². The number of amides is 2. The molecule has 2 atom stereocenters. The van der Waals surface area contributed by atoms with E-state index in [-0.39, 0.29) is 36.3 Å². The summed E-state index contributed by atoms with van der Waals surface area (Å²) in [6.07, 6.45) is 4.15. The Morgan fingerprint density at radius 1 is 1.25 bits per heavy atom. The molecule has 1 heterocycles. The van der Waals surface area contributed by atoms with E-state index < -0.39 is 6.04 Å². The number of hydrogen-bond donors (Lipinski definition) is 3. The average molecular weight is 304 g/mol. The molecule has 0 saturated carbocycles. The third kappa shape index (κ3) is 6.39. The van der Waals surface area contributed by atoms with E-state index in [4.69, 9.17) is 0 Å². The van der Waals surface area contributed by atoms with E-state index in [0.29, 0.717) is 5.57 Å². The average Bonchev–Trinajstić information content (AvgIpc) is 2.80. The van der Waals surface area contributed by atoms with Crippen LogP contribution in [-0.2, 0) is 9.59 Å². The Kier molecular flexibility index (Phi) is 8.49. The predicted octanol–water partition coefficient (Wildman–Crippen LogP) is 1.14. The minimum absolute atomic E-state index is 0. The molecule has 20 heavy (non-hydrogen) atoms. The molecule has 0 aliphatic carbocycles. The largest absolute Gasteiger partial charge is 0.352 e. The maximum Gasteiger partial charge on any atom is 0.247 e. The molecular weight excluding hydrogens is 278 g/mol. The number of carbonyl (C=O) groups is 2. The second-order valence-corrected chi connectivity index (χ2v) is 5.41. The molecule has 116 valence electrons. The summed E-state index contributed by atoms with van der Waals surface area (Å²) in [4.78, 5) is 23.6. The zero-order valence-electron chi connectivity index (χ0n) is 12.7. The quantitative estimate of drug-likeness (QED) is 0.667. The SMILES string of the molecule is C/C(=C\[C@@H]1CCCN1)C(=O)N[C@@H](C)C(=O)NC(C)C.Cl. The second-order valence-electron chi connectivity index (χ2n) is 5.41. The molecular formula is C14H26ClN3O2. The highest BCUT2D eigenvalue weighted by Gasteiger charge is 2.18. The fourth-order valence-electron chi connectivity index (χ4n) is 2.02. The van der Waals surface area contributed by atoms with Gasteiger partial charge in [0.1, 0.15) is 6.04 Å². The van der Waals surface area contributed by atoms with Crippen molar-refractivity contribution >= 4 is 24.2 Å². The molecule has 0 unspecified atom stereocenters. The number of rotatable bonds is 5. The van der Waals surface area contributed by atoms with Crippen LogP contribution in [-0.4, -0.2) is 36.5 Å². The van der Waals surface area contributed by atoms with Crippen molar-refractivity contribution < 1.29 is 9.59 Å². The number of hydrogen-bond acceptors (Lipinski definition) is 3. The molecule has 0 spiro atoms. The molecule has 0 aromatic rings. The first kappa shape index (κ1) is 18.9. The van der Waals surface area contributed by atoms with Crippen molar-refractivity contribution in [2.75, 3.05) is 6.54 Å². The summed E-state index contributed by atoms with van der Waals surface area (Å²) in [6.45, 7) is 8.26. The standard InChI is InChI=1S/C14H25N3O2.ClH/c1-9(2)16-14(19)11(4)17-13(18)10(3)8-12-6-5-7-15-12;/h8-9,11-12,15H,5-7H2,1-4H3,(H,16,19)(H,17,18);1H/b10-8+;/t11-,12-;/m0./s1. The van der Waals surface area contributed by atoms with E-state index in [0.717, 1.165) is 19.4 Å². The van der Waals surface area contributed by atoms with Gasteiger partial charge in [0.2, 0.25) is 11.8 Å². The topological polar surface area (TPSA) is 70.2 Å². The fraction of sp³-hybridized carbons (Fsp3) is 0.714.